The normalized spacial score (nSPS) is 12.2. The van der Waals surface area contributed by atoms with Gasteiger partial charge in [0.1, 0.15) is 0 Å². The molecular formula is C18H18. The Morgan fingerprint density at radius 3 is 2.44 bits per heavy atom. The summed E-state index contributed by atoms with van der Waals surface area (Å²) in [4.78, 5) is 0. The smallest absolute Gasteiger partial charge is 0.00132 e. The first-order valence-corrected chi connectivity index (χ1v) is 6.45. The van der Waals surface area contributed by atoms with E-state index in [1.165, 1.54) is 38.9 Å². The van der Waals surface area contributed by atoms with Crippen LogP contribution in [0.2, 0.25) is 0 Å². The third kappa shape index (κ3) is 1.60. The van der Waals surface area contributed by atoms with Crippen LogP contribution < -0.4 is 0 Å². The van der Waals surface area contributed by atoms with Gasteiger partial charge in [-0.05, 0) is 66.6 Å². The zero-order valence-corrected chi connectivity index (χ0v) is 11.3. The van der Waals surface area contributed by atoms with Crippen LogP contribution in [0.25, 0.3) is 16.7 Å². The molecule has 0 saturated heterocycles. The third-order valence-corrected chi connectivity index (χ3v) is 3.84. The Labute approximate surface area is 109 Å². The van der Waals surface area contributed by atoms with E-state index >= 15 is 0 Å². The number of fused-ring (bicyclic) bond motifs is 3. The Balaban J connectivity index is 2.23. The Bertz CT molecular complexity index is 660. The van der Waals surface area contributed by atoms with Crippen molar-refractivity contribution in [1.82, 2.24) is 0 Å². The van der Waals surface area contributed by atoms with Crippen LogP contribution in [0, 0.1) is 13.8 Å². The van der Waals surface area contributed by atoms with Gasteiger partial charge in [0, 0.05) is 0 Å². The lowest BCUT2D eigenvalue weighted by molar-refractivity contribution is 1.23. The van der Waals surface area contributed by atoms with Crippen molar-refractivity contribution in [1.29, 1.82) is 0 Å². The van der Waals surface area contributed by atoms with Gasteiger partial charge in [-0.1, -0.05) is 42.0 Å². The third-order valence-electron chi connectivity index (χ3n) is 3.84. The number of rotatable bonds is 1. The maximum Gasteiger partial charge on any atom is -0.00132 e. The SMILES string of the molecule is C=C(C)c1cc2c(cc1C)Cc1cc(C)ccc1-2. The van der Waals surface area contributed by atoms with Crippen LogP contribution in [-0.2, 0) is 6.42 Å². The van der Waals surface area contributed by atoms with Crippen molar-refractivity contribution in [2.24, 2.45) is 0 Å². The molecule has 0 atom stereocenters. The van der Waals surface area contributed by atoms with E-state index < -0.39 is 0 Å². The second-order valence-corrected chi connectivity index (χ2v) is 5.44. The summed E-state index contributed by atoms with van der Waals surface area (Å²) in [6.45, 7) is 10.5. The first kappa shape index (κ1) is 11.3. The number of allylic oxidation sites excluding steroid dienone is 1. The number of aryl methyl sites for hydroxylation is 2. The largest absolute Gasteiger partial charge is 0.0955 e. The quantitative estimate of drug-likeness (QED) is 0.561. The van der Waals surface area contributed by atoms with Crippen molar-refractivity contribution in [3.8, 4) is 11.1 Å². The monoisotopic (exact) mass is 234 g/mol. The molecule has 0 radical (unpaired) electrons. The molecule has 0 amide bonds. The van der Waals surface area contributed by atoms with Crippen molar-refractivity contribution < 1.29 is 0 Å². The minimum Gasteiger partial charge on any atom is -0.0955 e. The Morgan fingerprint density at radius 1 is 1.00 bits per heavy atom. The van der Waals surface area contributed by atoms with Crippen LogP contribution >= 0.6 is 0 Å². The fourth-order valence-corrected chi connectivity index (χ4v) is 2.96. The minimum atomic E-state index is 1.07. The highest BCUT2D eigenvalue weighted by Gasteiger charge is 2.19. The molecule has 0 nitrogen and oxygen atoms in total. The van der Waals surface area contributed by atoms with E-state index in [0.29, 0.717) is 0 Å². The van der Waals surface area contributed by atoms with Gasteiger partial charge in [0.2, 0.25) is 0 Å². The van der Waals surface area contributed by atoms with Crippen molar-refractivity contribution >= 4 is 5.57 Å². The summed E-state index contributed by atoms with van der Waals surface area (Å²) in [6, 6.07) is 11.4. The molecule has 0 heterocycles. The van der Waals surface area contributed by atoms with Crippen LogP contribution in [-0.4, -0.2) is 0 Å². The van der Waals surface area contributed by atoms with Gasteiger partial charge < -0.3 is 0 Å². The first-order valence-electron chi connectivity index (χ1n) is 6.45. The van der Waals surface area contributed by atoms with Crippen molar-refractivity contribution in [3.63, 3.8) is 0 Å². The minimum absolute atomic E-state index is 1.07. The van der Waals surface area contributed by atoms with Crippen molar-refractivity contribution in [2.75, 3.05) is 0 Å². The highest BCUT2D eigenvalue weighted by Crippen LogP contribution is 2.39. The zero-order chi connectivity index (χ0) is 12.9. The molecule has 18 heavy (non-hydrogen) atoms. The van der Waals surface area contributed by atoms with Crippen LogP contribution in [0.4, 0.5) is 0 Å². The molecule has 0 N–H and O–H groups in total. The van der Waals surface area contributed by atoms with Gasteiger partial charge in [-0.3, -0.25) is 0 Å². The van der Waals surface area contributed by atoms with Gasteiger partial charge in [-0.2, -0.15) is 0 Å². The second kappa shape index (κ2) is 3.84. The molecule has 0 aliphatic heterocycles. The van der Waals surface area contributed by atoms with Gasteiger partial charge in [0.05, 0.1) is 0 Å². The summed E-state index contributed by atoms with van der Waals surface area (Å²) in [7, 11) is 0. The van der Waals surface area contributed by atoms with Crippen molar-refractivity contribution in [3.05, 3.63) is 64.7 Å². The molecule has 90 valence electrons. The lowest BCUT2D eigenvalue weighted by Gasteiger charge is -2.09. The maximum absolute atomic E-state index is 4.08. The maximum atomic E-state index is 4.08. The molecule has 0 fully saturated rings. The highest BCUT2D eigenvalue weighted by atomic mass is 14.2. The van der Waals surface area contributed by atoms with Crippen LogP contribution in [0.3, 0.4) is 0 Å². The van der Waals surface area contributed by atoms with Gasteiger partial charge >= 0.3 is 0 Å². The summed E-state index contributed by atoms with van der Waals surface area (Å²) < 4.78 is 0. The number of hydrogen-bond donors (Lipinski definition) is 0. The molecule has 0 heteroatoms. The first-order chi connectivity index (χ1) is 8.56. The van der Waals surface area contributed by atoms with Gasteiger partial charge in [0.15, 0.2) is 0 Å². The molecule has 2 aromatic carbocycles. The molecule has 0 unspecified atom stereocenters. The number of hydrogen-bond acceptors (Lipinski definition) is 0. The van der Waals surface area contributed by atoms with E-state index in [2.05, 4.69) is 57.7 Å². The van der Waals surface area contributed by atoms with E-state index in [4.69, 9.17) is 0 Å². The summed E-state index contributed by atoms with van der Waals surface area (Å²) in [5, 5.41) is 0. The Kier molecular flexibility index (Phi) is 2.41. The molecule has 0 saturated carbocycles. The summed E-state index contributed by atoms with van der Waals surface area (Å²) in [5.74, 6) is 0. The fraction of sp³-hybridized carbons (Fsp3) is 0.222. The summed E-state index contributed by atoms with van der Waals surface area (Å²) in [6.07, 6.45) is 1.07. The molecule has 2 aromatic rings. The average molecular weight is 234 g/mol. The standard InChI is InChI=1S/C18H18/c1-11(2)17-10-18-15(8-13(17)4)9-14-7-12(3)5-6-16(14)18/h5-8,10H,1,9H2,2-4H3. The Hall–Kier alpha value is -1.82. The van der Waals surface area contributed by atoms with Crippen LogP contribution in [0.15, 0.2) is 36.9 Å². The number of benzene rings is 2. The molecule has 1 aliphatic rings. The van der Waals surface area contributed by atoms with E-state index in [0.717, 1.165) is 12.0 Å². The van der Waals surface area contributed by atoms with Gasteiger partial charge in [0.25, 0.3) is 0 Å². The molecular weight excluding hydrogens is 216 g/mol. The van der Waals surface area contributed by atoms with E-state index in [-0.39, 0.29) is 0 Å². The zero-order valence-electron chi connectivity index (χ0n) is 11.3. The van der Waals surface area contributed by atoms with Gasteiger partial charge in [-0.25, -0.2) is 0 Å². The Morgan fingerprint density at radius 2 is 1.72 bits per heavy atom. The van der Waals surface area contributed by atoms with Crippen LogP contribution in [0.5, 0.6) is 0 Å². The predicted octanol–water partition coefficient (Wildman–Crippen LogP) is 4.91. The molecule has 0 bridgehead atoms. The lowest BCUT2D eigenvalue weighted by atomic mass is 9.95. The van der Waals surface area contributed by atoms with Gasteiger partial charge in [-0.15, -0.1) is 0 Å². The van der Waals surface area contributed by atoms with Crippen LogP contribution in [0.1, 0.15) is 34.7 Å². The average Bonchev–Trinajstić information content (AvgIpc) is 2.63. The fourth-order valence-electron chi connectivity index (χ4n) is 2.96. The highest BCUT2D eigenvalue weighted by molar-refractivity contribution is 5.81. The van der Waals surface area contributed by atoms with Crippen molar-refractivity contribution in [2.45, 2.75) is 27.2 Å². The molecule has 0 spiro atoms. The molecule has 0 aromatic heterocycles. The van der Waals surface area contributed by atoms with E-state index in [1.807, 2.05) is 0 Å². The van der Waals surface area contributed by atoms with E-state index in [9.17, 15) is 0 Å². The molecule has 3 rings (SSSR count). The molecule has 1 aliphatic carbocycles. The second-order valence-electron chi connectivity index (χ2n) is 5.44. The predicted molar refractivity (Wildman–Crippen MR) is 78.9 cm³/mol. The lowest BCUT2D eigenvalue weighted by Crippen LogP contribution is -1.89. The summed E-state index contributed by atoms with van der Waals surface area (Å²) >= 11 is 0. The topological polar surface area (TPSA) is 0 Å². The summed E-state index contributed by atoms with van der Waals surface area (Å²) in [5.41, 5.74) is 10.8. The van der Waals surface area contributed by atoms with E-state index in [1.54, 1.807) is 0 Å².